The van der Waals surface area contributed by atoms with Gasteiger partial charge >= 0.3 is 0 Å². The molecule has 2 heteroatoms. The summed E-state index contributed by atoms with van der Waals surface area (Å²) in [6.07, 6.45) is 1.25. The first kappa shape index (κ1) is 24.1. The summed E-state index contributed by atoms with van der Waals surface area (Å²) in [5.74, 6) is 5.27. The molecule has 0 radical (unpaired) electrons. The molecule has 0 N–H and O–H groups in total. The molecule has 184 valence electrons. The molecular formula is C33H42NO+. The minimum absolute atomic E-state index is 0.119. The number of methoxy groups -OCH3 is 1. The first-order chi connectivity index (χ1) is 16.7. The van der Waals surface area contributed by atoms with Crippen LogP contribution in [0, 0.1) is 35.5 Å². The Morgan fingerprint density at radius 3 is 2.00 bits per heavy atom. The molecule has 35 heavy (non-hydrogen) atoms. The summed E-state index contributed by atoms with van der Waals surface area (Å²) in [7, 11) is 1.74. The Morgan fingerprint density at radius 2 is 1.43 bits per heavy atom. The Morgan fingerprint density at radius 1 is 0.857 bits per heavy atom. The van der Waals surface area contributed by atoms with Gasteiger partial charge in [0, 0.05) is 37.5 Å². The molecule has 0 bridgehead atoms. The molecule has 6 unspecified atom stereocenters. The van der Waals surface area contributed by atoms with Crippen molar-refractivity contribution in [3.8, 4) is 5.75 Å². The average molecular weight is 469 g/mol. The summed E-state index contributed by atoms with van der Waals surface area (Å²) < 4.78 is 8.10. The van der Waals surface area contributed by atoms with E-state index < -0.39 is 0 Å². The van der Waals surface area contributed by atoms with Crippen LogP contribution in [0.25, 0.3) is 10.8 Å². The van der Waals surface area contributed by atoms with Gasteiger partial charge in [-0.2, -0.15) is 4.58 Å². The van der Waals surface area contributed by atoms with E-state index in [4.69, 9.17) is 4.74 Å². The van der Waals surface area contributed by atoms with Crippen molar-refractivity contribution in [2.75, 3.05) is 7.11 Å². The van der Waals surface area contributed by atoms with Gasteiger partial charge in [0.1, 0.15) is 5.75 Å². The van der Waals surface area contributed by atoms with Crippen molar-refractivity contribution in [1.82, 2.24) is 0 Å². The van der Waals surface area contributed by atoms with Gasteiger partial charge < -0.3 is 4.74 Å². The van der Waals surface area contributed by atoms with Crippen LogP contribution in [0.3, 0.4) is 0 Å². The second-order valence-electron chi connectivity index (χ2n) is 11.7. The molecule has 1 saturated carbocycles. The van der Waals surface area contributed by atoms with Crippen LogP contribution in [0.4, 0.5) is 5.69 Å². The van der Waals surface area contributed by atoms with E-state index in [1.165, 1.54) is 39.7 Å². The Hall–Kier alpha value is -2.61. The molecule has 2 nitrogen and oxygen atoms in total. The lowest BCUT2D eigenvalue weighted by Crippen LogP contribution is -2.40. The van der Waals surface area contributed by atoms with Crippen molar-refractivity contribution in [3.63, 3.8) is 0 Å². The first-order valence-corrected chi connectivity index (χ1v) is 13.5. The molecule has 0 aromatic heterocycles. The van der Waals surface area contributed by atoms with Crippen molar-refractivity contribution >= 4 is 22.2 Å². The third-order valence-electron chi connectivity index (χ3n) is 10.4. The molecule has 0 amide bonds. The topological polar surface area (TPSA) is 12.2 Å². The summed E-state index contributed by atoms with van der Waals surface area (Å²) in [5.41, 5.74) is 5.33. The van der Waals surface area contributed by atoms with Crippen LogP contribution >= 0.6 is 0 Å². The molecule has 0 spiro atoms. The number of nitrogens with zero attached hydrogens (tertiary/aromatic N) is 1. The second kappa shape index (κ2) is 8.80. The predicted octanol–water partition coefficient (Wildman–Crippen LogP) is 8.43. The van der Waals surface area contributed by atoms with E-state index in [2.05, 4.69) is 114 Å². The Bertz CT molecular complexity index is 1260. The summed E-state index contributed by atoms with van der Waals surface area (Å²) in [5, 5.41) is 2.65. The fourth-order valence-electron chi connectivity index (χ4n) is 7.51. The zero-order valence-corrected chi connectivity index (χ0v) is 22.8. The van der Waals surface area contributed by atoms with Crippen LogP contribution in [0.15, 0.2) is 60.7 Å². The normalized spacial score (nSPS) is 31.1. The molecule has 5 rings (SSSR count). The van der Waals surface area contributed by atoms with Gasteiger partial charge in [-0.15, -0.1) is 0 Å². The van der Waals surface area contributed by atoms with Gasteiger partial charge in [0.15, 0.2) is 11.3 Å². The highest BCUT2D eigenvalue weighted by molar-refractivity contribution is 6.03. The zero-order chi connectivity index (χ0) is 25.1. The molecule has 1 aliphatic carbocycles. The lowest BCUT2D eigenvalue weighted by molar-refractivity contribution is -0.547. The first-order valence-electron chi connectivity index (χ1n) is 13.5. The maximum atomic E-state index is 5.48. The number of hydrogen-bond donors (Lipinski definition) is 0. The highest BCUT2D eigenvalue weighted by atomic mass is 16.5. The van der Waals surface area contributed by atoms with E-state index in [9.17, 15) is 0 Å². The van der Waals surface area contributed by atoms with E-state index >= 15 is 0 Å². The summed E-state index contributed by atoms with van der Waals surface area (Å²) in [6.45, 7) is 17.2. The average Bonchev–Trinajstić information content (AvgIpc) is 3.20. The van der Waals surface area contributed by atoms with Gasteiger partial charge in [0.2, 0.25) is 5.69 Å². The lowest BCUT2D eigenvalue weighted by Gasteiger charge is -2.34. The summed E-state index contributed by atoms with van der Waals surface area (Å²) in [6, 6.07) is 22.3. The maximum absolute atomic E-state index is 5.48. The third kappa shape index (κ3) is 3.63. The molecule has 3 aromatic rings. The van der Waals surface area contributed by atoms with Crippen molar-refractivity contribution in [2.45, 2.75) is 60.4 Å². The molecule has 3 aromatic carbocycles. The fourth-order valence-corrected chi connectivity index (χ4v) is 7.51. The monoisotopic (exact) mass is 468 g/mol. The van der Waals surface area contributed by atoms with E-state index in [0.29, 0.717) is 5.92 Å². The Kier molecular flexibility index (Phi) is 6.06. The summed E-state index contributed by atoms with van der Waals surface area (Å²) >= 11 is 0. The van der Waals surface area contributed by atoms with E-state index in [1.807, 2.05) is 0 Å². The highest BCUT2D eigenvalue weighted by Crippen LogP contribution is 2.52. The van der Waals surface area contributed by atoms with Crippen molar-refractivity contribution in [2.24, 2.45) is 35.5 Å². The number of benzene rings is 3. The van der Waals surface area contributed by atoms with Gasteiger partial charge in [0.25, 0.3) is 0 Å². The van der Waals surface area contributed by atoms with E-state index in [-0.39, 0.29) is 5.54 Å². The van der Waals surface area contributed by atoms with Crippen LogP contribution in [0.1, 0.15) is 66.0 Å². The van der Waals surface area contributed by atoms with Gasteiger partial charge in [-0.1, -0.05) is 58.9 Å². The van der Waals surface area contributed by atoms with Crippen LogP contribution in [-0.4, -0.2) is 17.4 Å². The molecular weight excluding hydrogens is 426 g/mol. The smallest absolute Gasteiger partial charge is 0.206 e. The van der Waals surface area contributed by atoms with Crippen molar-refractivity contribution < 1.29 is 9.31 Å². The fraction of sp³-hybridized carbons (Fsp3) is 0.485. The highest BCUT2D eigenvalue weighted by Gasteiger charge is 2.54. The van der Waals surface area contributed by atoms with Gasteiger partial charge in [-0.05, 0) is 71.0 Å². The molecule has 1 heterocycles. The van der Waals surface area contributed by atoms with Crippen LogP contribution in [0.2, 0.25) is 0 Å². The SMILES string of the molecule is COc1ccc([N+]2=C(C)c3cc4ccccc4cc3C2(C)C(C)CC2C(C)C(C)C(C)C2C)cc1. The molecule has 1 aliphatic heterocycles. The largest absolute Gasteiger partial charge is 0.497 e. The number of ether oxygens (including phenoxy) is 1. The minimum atomic E-state index is -0.119. The van der Waals surface area contributed by atoms with Crippen molar-refractivity contribution in [1.29, 1.82) is 0 Å². The Labute approximate surface area is 212 Å². The molecule has 2 aliphatic rings. The van der Waals surface area contributed by atoms with E-state index in [1.54, 1.807) is 7.11 Å². The van der Waals surface area contributed by atoms with Gasteiger partial charge in [-0.3, -0.25) is 0 Å². The van der Waals surface area contributed by atoms with Crippen LogP contribution in [-0.2, 0) is 5.54 Å². The zero-order valence-electron chi connectivity index (χ0n) is 22.8. The Balaban J connectivity index is 1.65. The standard InChI is InChI=1S/C33H42NO/c1-20(17-30-23(4)21(2)22(3)24(30)5)33(7)32-19-27-12-10-9-11-26(27)18-31(32)25(6)34(33)28-13-15-29(35-8)16-14-28/h9-16,18-24,30H,17H2,1-8H3/q+1. The maximum Gasteiger partial charge on any atom is 0.206 e. The van der Waals surface area contributed by atoms with Gasteiger partial charge in [-0.25, -0.2) is 0 Å². The predicted molar refractivity (Wildman–Crippen MR) is 148 cm³/mol. The number of rotatable bonds is 5. The number of hydrogen-bond acceptors (Lipinski definition) is 1. The molecule has 6 atom stereocenters. The summed E-state index contributed by atoms with van der Waals surface area (Å²) in [4.78, 5) is 0. The number of fused-ring (bicyclic) bond motifs is 2. The van der Waals surface area contributed by atoms with Crippen LogP contribution < -0.4 is 4.74 Å². The van der Waals surface area contributed by atoms with Crippen LogP contribution in [0.5, 0.6) is 5.75 Å². The van der Waals surface area contributed by atoms with Gasteiger partial charge in [0.05, 0.1) is 12.7 Å². The molecule has 1 fully saturated rings. The lowest BCUT2D eigenvalue weighted by atomic mass is 9.72. The van der Waals surface area contributed by atoms with Crippen molar-refractivity contribution in [3.05, 3.63) is 71.8 Å². The third-order valence-corrected chi connectivity index (χ3v) is 10.4. The second-order valence-corrected chi connectivity index (χ2v) is 11.7. The van der Waals surface area contributed by atoms with E-state index in [0.717, 1.165) is 35.3 Å². The quantitative estimate of drug-likeness (QED) is 0.342. The molecule has 0 saturated heterocycles. The minimum Gasteiger partial charge on any atom is -0.497 e.